The van der Waals surface area contributed by atoms with Gasteiger partial charge in [0, 0.05) is 11.7 Å². The molecule has 0 N–H and O–H groups in total. The van der Waals surface area contributed by atoms with Gasteiger partial charge >= 0.3 is 7.12 Å². The number of hydrogen-bond acceptors (Lipinski definition) is 5. The van der Waals surface area contributed by atoms with E-state index >= 15 is 0 Å². The van der Waals surface area contributed by atoms with Crippen LogP contribution in [0.3, 0.4) is 0 Å². The molecule has 1 aromatic rings. The molecule has 1 aromatic heterocycles. The number of oxazole rings is 1. The van der Waals surface area contributed by atoms with Crippen molar-refractivity contribution < 1.29 is 17.9 Å². The summed E-state index contributed by atoms with van der Waals surface area (Å²) in [5, 5.41) is 0. The van der Waals surface area contributed by atoms with Gasteiger partial charge in [-0.05, 0) is 40.2 Å². The van der Waals surface area contributed by atoms with Crippen LogP contribution in [-0.2, 0) is 20.1 Å². The molecular weight excluding hydrogens is 325 g/mol. The van der Waals surface area contributed by atoms with Gasteiger partial charge in [-0.2, -0.15) is 0 Å². The number of rotatable bonds is 4. The summed E-state index contributed by atoms with van der Waals surface area (Å²) in [5.74, 6) is 0.599. The lowest BCUT2D eigenvalue weighted by Crippen LogP contribution is -2.41. The molecule has 1 fully saturated rings. The van der Waals surface area contributed by atoms with Crippen molar-refractivity contribution in [1.29, 1.82) is 0 Å². The first kappa shape index (κ1) is 19.8. The van der Waals surface area contributed by atoms with E-state index in [2.05, 4.69) is 38.3 Å². The normalized spacial score (nSPS) is 21.3. The van der Waals surface area contributed by atoms with E-state index in [-0.39, 0.29) is 4.75 Å². The monoisotopic (exact) mass is 357 g/mol. The van der Waals surface area contributed by atoms with Crippen LogP contribution in [0.1, 0.15) is 60.1 Å². The van der Waals surface area contributed by atoms with Crippen LogP contribution in [0.4, 0.5) is 0 Å². The van der Waals surface area contributed by atoms with E-state index in [9.17, 15) is 0 Å². The minimum Gasteiger partial charge on any atom is -0.449 e. The molecule has 0 aromatic carbocycles. The van der Waals surface area contributed by atoms with Gasteiger partial charge < -0.3 is 17.9 Å². The average Bonchev–Trinajstić information content (AvgIpc) is 2.84. The van der Waals surface area contributed by atoms with Crippen LogP contribution in [0, 0.1) is 6.92 Å². The van der Waals surface area contributed by atoms with Crippen molar-refractivity contribution in [2.75, 3.05) is 12.5 Å². The molecule has 7 heteroatoms. The van der Waals surface area contributed by atoms with Crippen LogP contribution >= 0.6 is 10.3 Å². The molecule has 0 saturated carbocycles. The summed E-state index contributed by atoms with van der Waals surface area (Å²) in [6.07, 6.45) is 4.35. The zero-order valence-electron chi connectivity index (χ0n) is 16.8. The lowest BCUT2D eigenvalue weighted by molar-refractivity contribution is 0.00578. The van der Waals surface area contributed by atoms with E-state index < -0.39 is 28.6 Å². The summed E-state index contributed by atoms with van der Waals surface area (Å²) in [7, 11) is -1.79. The summed E-state index contributed by atoms with van der Waals surface area (Å²) >= 11 is 0. The SMILES string of the molecule is Cc1nc(COS(C)(C)C(C)(C)C)c(B2OC(C)(C)C(C)(C)O2)o1. The van der Waals surface area contributed by atoms with Gasteiger partial charge in [0.05, 0.1) is 11.2 Å². The van der Waals surface area contributed by atoms with E-state index in [1.807, 2.05) is 34.6 Å². The van der Waals surface area contributed by atoms with E-state index in [1.165, 1.54) is 0 Å². The Bertz CT molecular complexity index is 588. The first-order valence-corrected chi connectivity index (χ1v) is 10.7. The first-order chi connectivity index (χ1) is 10.7. The van der Waals surface area contributed by atoms with E-state index in [4.69, 9.17) is 17.9 Å². The Kier molecular flexibility index (Phi) is 4.99. The third-order valence-electron chi connectivity index (χ3n) is 5.27. The molecule has 0 bridgehead atoms. The highest BCUT2D eigenvalue weighted by atomic mass is 32.3. The summed E-state index contributed by atoms with van der Waals surface area (Å²) in [5.41, 5.74) is 0.560. The lowest BCUT2D eigenvalue weighted by Gasteiger charge is -2.43. The van der Waals surface area contributed by atoms with Gasteiger partial charge in [-0.3, -0.25) is 0 Å². The maximum absolute atomic E-state index is 6.25. The largest absolute Gasteiger partial charge is 0.534 e. The van der Waals surface area contributed by atoms with Crippen molar-refractivity contribution in [3.8, 4) is 0 Å². The molecule has 0 aliphatic carbocycles. The van der Waals surface area contributed by atoms with E-state index in [0.717, 1.165) is 5.69 Å². The van der Waals surface area contributed by atoms with Crippen LogP contribution in [0.25, 0.3) is 0 Å². The van der Waals surface area contributed by atoms with Crippen molar-refractivity contribution in [2.24, 2.45) is 0 Å². The Hall–Kier alpha value is -0.495. The van der Waals surface area contributed by atoms with Crippen molar-refractivity contribution in [1.82, 2.24) is 4.98 Å². The van der Waals surface area contributed by atoms with E-state index in [1.54, 1.807) is 0 Å². The van der Waals surface area contributed by atoms with Crippen LogP contribution in [-0.4, -0.2) is 40.6 Å². The number of nitrogens with zero attached hydrogens (tertiary/aromatic N) is 1. The molecular formula is C17H32BNO4S. The van der Waals surface area contributed by atoms with Gasteiger partial charge in [0.15, 0.2) is 11.6 Å². The Balaban J connectivity index is 2.21. The predicted molar refractivity (Wildman–Crippen MR) is 101 cm³/mol. The van der Waals surface area contributed by atoms with Gasteiger partial charge in [-0.1, -0.05) is 20.8 Å². The Morgan fingerprint density at radius 1 is 1.08 bits per heavy atom. The Labute approximate surface area is 148 Å². The van der Waals surface area contributed by atoms with Crippen molar-refractivity contribution in [3.05, 3.63) is 11.6 Å². The molecule has 1 saturated heterocycles. The number of aryl methyl sites for hydroxylation is 1. The number of hydrogen-bond donors (Lipinski definition) is 0. The van der Waals surface area contributed by atoms with Gasteiger partial charge in [0.1, 0.15) is 12.3 Å². The van der Waals surface area contributed by atoms with Crippen LogP contribution in [0.15, 0.2) is 4.42 Å². The molecule has 0 radical (unpaired) electrons. The summed E-state index contributed by atoms with van der Waals surface area (Å²) in [4.78, 5) is 4.50. The van der Waals surface area contributed by atoms with Gasteiger partial charge in [0.25, 0.3) is 0 Å². The third-order valence-corrected chi connectivity index (χ3v) is 8.92. The average molecular weight is 357 g/mol. The minimum absolute atomic E-state index is 0.0935. The molecule has 1 aliphatic heterocycles. The topological polar surface area (TPSA) is 53.7 Å². The molecule has 0 unspecified atom stereocenters. The molecule has 1 aliphatic rings. The van der Waals surface area contributed by atoms with Crippen LogP contribution in [0.5, 0.6) is 0 Å². The maximum Gasteiger partial charge on any atom is 0.534 e. The summed E-state index contributed by atoms with van der Waals surface area (Å²) in [6, 6.07) is 0. The second-order valence-corrected chi connectivity index (χ2v) is 12.7. The quantitative estimate of drug-likeness (QED) is 0.771. The van der Waals surface area contributed by atoms with Gasteiger partial charge in [0.2, 0.25) is 0 Å². The minimum atomic E-state index is -1.24. The summed E-state index contributed by atoms with van der Waals surface area (Å²) < 4.78 is 24.3. The predicted octanol–water partition coefficient (Wildman–Crippen LogP) is 3.58. The Morgan fingerprint density at radius 2 is 1.58 bits per heavy atom. The van der Waals surface area contributed by atoms with E-state index in [0.29, 0.717) is 18.2 Å². The highest BCUT2D eigenvalue weighted by Crippen LogP contribution is 2.54. The molecule has 0 amide bonds. The van der Waals surface area contributed by atoms with Gasteiger partial charge in [-0.15, -0.1) is 10.3 Å². The zero-order valence-corrected chi connectivity index (χ0v) is 17.6. The number of aromatic nitrogens is 1. The van der Waals surface area contributed by atoms with Crippen LogP contribution in [0.2, 0.25) is 0 Å². The second kappa shape index (κ2) is 6.04. The molecule has 2 rings (SSSR count). The maximum atomic E-state index is 6.25. The van der Waals surface area contributed by atoms with Crippen molar-refractivity contribution >= 4 is 23.1 Å². The molecule has 138 valence electrons. The fourth-order valence-electron chi connectivity index (χ4n) is 2.10. The van der Waals surface area contributed by atoms with Crippen molar-refractivity contribution in [3.63, 3.8) is 0 Å². The molecule has 2 heterocycles. The van der Waals surface area contributed by atoms with Gasteiger partial charge in [-0.25, -0.2) is 4.98 Å². The zero-order chi connectivity index (χ0) is 18.6. The summed E-state index contributed by atoms with van der Waals surface area (Å²) in [6.45, 7) is 16.9. The first-order valence-electron chi connectivity index (χ1n) is 8.35. The van der Waals surface area contributed by atoms with Crippen LogP contribution < -0.4 is 5.66 Å². The second-order valence-electron chi connectivity index (χ2n) is 8.74. The fourth-order valence-corrected chi connectivity index (χ4v) is 2.86. The molecule has 5 nitrogen and oxygen atoms in total. The fraction of sp³-hybridized carbons (Fsp3) is 0.824. The smallest absolute Gasteiger partial charge is 0.449 e. The van der Waals surface area contributed by atoms with Crippen molar-refractivity contribution in [2.45, 2.75) is 77.9 Å². The Morgan fingerprint density at radius 3 is 2.04 bits per heavy atom. The highest BCUT2D eigenvalue weighted by molar-refractivity contribution is 8.29. The standard InChI is InChI=1S/C17H32BNO4S/c1-12-19-13(11-20-24(9,10)15(2,3)4)14(21-12)18-22-16(5,6)17(7,8)23-18/h11H2,1-10H3. The molecule has 24 heavy (non-hydrogen) atoms. The highest BCUT2D eigenvalue weighted by Gasteiger charge is 2.54. The third kappa shape index (κ3) is 3.69. The molecule has 0 atom stereocenters. The molecule has 0 spiro atoms. The lowest BCUT2D eigenvalue weighted by atomic mass is 9.84.